The smallest absolute Gasteiger partial charge is 0.319 e. The van der Waals surface area contributed by atoms with Crippen molar-refractivity contribution in [3.63, 3.8) is 0 Å². The van der Waals surface area contributed by atoms with Crippen LogP contribution in [0.15, 0.2) is 121 Å². The molecule has 6 amide bonds. The summed E-state index contributed by atoms with van der Waals surface area (Å²) in [6.07, 6.45) is 12.5. The number of nitrogens with zero attached hydrogens (tertiary/aromatic N) is 3. The maximum atomic E-state index is 15.0. The molecule has 0 atom stereocenters. The van der Waals surface area contributed by atoms with Crippen molar-refractivity contribution in [3.05, 3.63) is 144 Å². The third-order valence-corrected chi connectivity index (χ3v) is 16.9. The Morgan fingerprint density at radius 2 is 1.03 bits per heavy atom. The largest absolute Gasteiger partial charge is 0.493 e. The molecule has 6 aromatic carbocycles. The number of urea groups is 2. The lowest BCUT2D eigenvalue weighted by Crippen LogP contribution is -2.38. The number of halogens is 1. The average molecular weight is 1300 g/mol. The normalized spacial score (nSPS) is 13.7. The van der Waals surface area contributed by atoms with Crippen LogP contribution in [0.25, 0.3) is 0 Å². The van der Waals surface area contributed by atoms with E-state index in [-0.39, 0.29) is 53.7 Å². The number of methoxy groups -OCH3 is 3. The van der Waals surface area contributed by atoms with Gasteiger partial charge in [-0.3, -0.25) is 9.59 Å². The first-order valence-corrected chi connectivity index (χ1v) is 33.5. The highest BCUT2D eigenvalue weighted by molar-refractivity contribution is 6.06. The van der Waals surface area contributed by atoms with Crippen molar-refractivity contribution in [2.24, 2.45) is 0 Å². The lowest BCUT2D eigenvalue weighted by Gasteiger charge is -2.32. The van der Waals surface area contributed by atoms with Crippen molar-refractivity contribution in [2.75, 3.05) is 94.6 Å². The molecule has 2 heterocycles. The minimum absolute atomic E-state index is 0.0181. The van der Waals surface area contributed by atoms with Crippen LogP contribution in [-0.4, -0.2) is 132 Å². The lowest BCUT2D eigenvalue weighted by atomic mass is 10.1. The quantitative estimate of drug-likeness (QED) is 0.0275. The highest BCUT2D eigenvalue weighted by Gasteiger charge is 2.25. The van der Waals surface area contributed by atoms with Crippen LogP contribution in [0, 0.1) is 12.7 Å². The Labute approximate surface area is 555 Å². The number of carbonyl (C=O) groups is 4. The third-order valence-electron chi connectivity index (χ3n) is 16.9. The Hall–Kier alpha value is -8.59. The van der Waals surface area contributed by atoms with E-state index in [1.165, 1.54) is 44.9 Å². The first-order valence-electron chi connectivity index (χ1n) is 33.5. The number of piperidine rings is 2. The SMILES string of the molecule is CCCCN1CCC(Oc2ccc(C(=O)N(CCOC)c3ccc(Oc4ccc(NC(=O)NC(CC)CC)cc4OC)cc3)cc2C)CC1.CCCCN1CCC(Oc2ccc(C(=O)Nc3ccc(Oc4ccc(NC(=O)NC(CC)CC)cc4)cc3F)cc2OC)CC1. The van der Waals surface area contributed by atoms with Crippen LogP contribution in [-0.2, 0) is 4.74 Å². The van der Waals surface area contributed by atoms with Gasteiger partial charge in [-0.05, 0) is 199 Å². The summed E-state index contributed by atoms with van der Waals surface area (Å²) in [6.45, 7) is 21.8. The van der Waals surface area contributed by atoms with Gasteiger partial charge >= 0.3 is 12.1 Å². The summed E-state index contributed by atoms with van der Waals surface area (Å²) in [5.41, 5.74) is 3.78. The van der Waals surface area contributed by atoms with Crippen LogP contribution in [0.3, 0.4) is 0 Å². The molecule has 0 saturated carbocycles. The summed E-state index contributed by atoms with van der Waals surface area (Å²) in [7, 11) is 4.71. The van der Waals surface area contributed by atoms with Gasteiger partial charge in [-0.15, -0.1) is 0 Å². The van der Waals surface area contributed by atoms with Gasteiger partial charge < -0.3 is 74.4 Å². The Morgan fingerprint density at radius 1 is 0.532 bits per heavy atom. The molecule has 2 fully saturated rings. The topological polar surface area (TPSA) is 203 Å². The highest BCUT2D eigenvalue weighted by Crippen LogP contribution is 2.36. The van der Waals surface area contributed by atoms with E-state index in [2.05, 4.69) is 50.2 Å². The van der Waals surface area contributed by atoms with Crippen molar-refractivity contribution in [1.29, 1.82) is 0 Å². The monoisotopic (exact) mass is 1290 g/mol. The minimum Gasteiger partial charge on any atom is -0.493 e. The number of anilines is 4. The number of unbranched alkanes of at least 4 members (excludes halogenated alkanes) is 2. The highest BCUT2D eigenvalue weighted by atomic mass is 19.1. The number of ether oxygens (including phenoxy) is 7. The second-order valence-corrected chi connectivity index (χ2v) is 23.7. The minimum atomic E-state index is -0.644. The van der Waals surface area contributed by atoms with Gasteiger partial charge in [0, 0.05) is 92.2 Å². The molecule has 0 radical (unpaired) electrons. The number of hydrogen-bond donors (Lipinski definition) is 5. The van der Waals surface area contributed by atoms with Gasteiger partial charge in [0.05, 0.1) is 26.5 Å². The van der Waals surface area contributed by atoms with Crippen LogP contribution >= 0.6 is 0 Å². The van der Waals surface area contributed by atoms with E-state index in [9.17, 15) is 23.6 Å². The van der Waals surface area contributed by atoms with Crippen molar-refractivity contribution in [3.8, 4) is 46.0 Å². The zero-order valence-corrected chi connectivity index (χ0v) is 56.7. The summed E-state index contributed by atoms with van der Waals surface area (Å²) in [4.78, 5) is 58.1. The molecule has 5 N–H and O–H groups in total. The molecular weight excluding hydrogens is 1200 g/mol. The third kappa shape index (κ3) is 22.3. The molecule has 94 heavy (non-hydrogen) atoms. The Morgan fingerprint density at radius 3 is 1.57 bits per heavy atom. The molecule has 0 aromatic heterocycles. The zero-order valence-electron chi connectivity index (χ0n) is 56.7. The summed E-state index contributed by atoms with van der Waals surface area (Å²) in [5, 5.41) is 14.2. The molecule has 2 saturated heterocycles. The molecule has 19 nitrogen and oxygen atoms in total. The number of aryl methyl sites for hydroxylation is 1. The maximum Gasteiger partial charge on any atom is 0.319 e. The number of amides is 6. The van der Waals surface area contributed by atoms with E-state index in [4.69, 9.17) is 33.2 Å². The maximum absolute atomic E-state index is 15.0. The van der Waals surface area contributed by atoms with Crippen molar-refractivity contribution in [2.45, 2.75) is 150 Å². The fourth-order valence-electron chi connectivity index (χ4n) is 11.1. The standard InChI is InChI=1S/C39H54N4O6.C35H45FN4O5/c1-7-10-21-42-22-19-34(20-23-42)48-35-17-11-29(26-28(35)4)38(44)43(24-25-46-5)32-13-15-33(16-14-32)49-36-18-12-31(27-37(36)47-6)41-39(45)40-30(8-2)9-3;1-5-8-19-40-20-17-28(18-21-40)45-32-16-9-24(22-33(32)43-4)34(41)39-31-15-14-29(23-30(31)36)44-27-12-10-26(11-13-27)38-35(42)37-25(6-2)7-3/h11-18,26-27,30,34H,7-10,19-25H2,1-6H3,(H2,40,41,45);9-16,22-23,25,28H,5-8,17-21H2,1-4H3,(H,39,41)(H2,37,38,42). The molecule has 508 valence electrons. The predicted molar refractivity (Wildman–Crippen MR) is 371 cm³/mol. The fraction of sp³-hybridized carbons (Fsp3) is 0.459. The van der Waals surface area contributed by atoms with Gasteiger partial charge in [-0.1, -0.05) is 54.4 Å². The van der Waals surface area contributed by atoms with Crippen LogP contribution in [0.1, 0.15) is 145 Å². The molecular formula is C74H99FN8O11. The molecule has 20 heteroatoms. The average Bonchev–Trinajstić information content (AvgIpc) is 0.891. The number of hydrogen-bond acceptors (Lipinski definition) is 13. The Kier molecular flexibility index (Phi) is 29.4. The van der Waals surface area contributed by atoms with Crippen molar-refractivity contribution >= 4 is 46.6 Å². The van der Waals surface area contributed by atoms with Crippen LogP contribution < -0.4 is 59.9 Å². The van der Waals surface area contributed by atoms with Crippen LogP contribution in [0.4, 0.5) is 36.7 Å². The Bertz CT molecular complexity index is 3330. The molecule has 2 aliphatic heterocycles. The van der Waals surface area contributed by atoms with E-state index in [1.807, 2.05) is 77.1 Å². The molecule has 8 rings (SSSR count). The Balaban J connectivity index is 0.000000267. The zero-order chi connectivity index (χ0) is 67.4. The van der Waals surface area contributed by atoms with E-state index in [0.717, 1.165) is 108 Å². The van der Waals surface area contributed by atoms with Gasteiger partial charge in [0.1, 0.15) is 41.0 Å². The van der Waals surface area contributed by atoms with Crippen molar-refractivity contribution < 1.29 is 56.7 Å². The van der Waals surface area contributed by atoms with Crippen molar-refractivity contribution in [1.82, 2.24) is 20.4 Å². The number of nitrogens with one attached hydrogen (secondary N) is 5. The molecule has 0 spiro atoms. The molecule has 2 aliphatic rings. The second-order valence-electron chi connectivity index (χ2n) is 23.7. The summed E-state index contributed by atoms with van der Waals surface area (Å²) < 4.78 is 55.9. The van der Waals surface area contributed by atoms with Gasteiger partial charge in [0.2, 0.25) is 0 Å². The summed E-state index contributed by atoms with van der Waals surface area (Å²) in [6, 6.07) is 33.9. The molecule has 6 aromatic rings. The second kappa shape index (κ2) is 37.9. The molecule has 0 unspecified atom stereocenters. The number of rotatable bonds is 31. The van der Waals surface area contributed by atoms with E-state index < -0.39 is 11.7 Å². The molecule has 0 aliphatic carbocycles. The van der Waals surface area contributed by atoms with E-state index in [0.29, 0.717) is 70.2 Å². The van der Waals surface area contributed by atoms with Gasteiger partial charge in [-0.25, -0.2) is 14.0 Å². The van der Waals surface area contributed by atoms with Gasteiger partial charge in [0.15, 0.2) is 23.0 Å². The van der Waals surface area contributed by atoms with E-state index >= 15 is 0 Å². The summed E-state index contributed by atoms with van der Waals surface area (Å²) >= 11 is 0. The van der Waals surface area contributed by atoms with Crippen LogP contribution in [0.5, 0.6) is 46.0 Å². The predicted octanol–water partition coefficient (Wildman–Crippen LogP) is 15.9. The first kappa shape index (κ1) is 72.8. The number of carbonyl (C=O) groups excluding carboxylic acids is 4. The fourth-order valence-corrected chi connectivity index (χ4v) is 11.1. The lowest BCUT2D eigenvalue weighted by molar-refractivity contribution is 0.0967. The van der Waals surface area contributed by atoms with Gasteiger partial charge in [-0.2, -0.15) is 0 Å². The van der Waals surface area contributed by atoms with Crippen LogP contribution in [0.2, 0.25) is 0 Å². The van der Waals surface area contributed by atoms with E-state index in [1.54, 1.807) is 85.8 Å². The number of benzene rings is 6. The first-order chi connectivity index (χ1) is 45.6. The number of likely N-dealkylation sites (tertiary alicyclic amines) is 2. The summed E-state index contributed by atoms with van der Waals surface area (Å²) in [5.74, 6) is 2.89. The van der Waals surface area contributed by atoms with Gasteiger partial charge in [0.25, 0.3) is 11.8 Å². The molecule has 0 bridgehead atoms.